The molecule has 0 amide bonds. The quantitative estimate of drug-likeness (QED) is 0.241. The van der Waals surface area contributed by atoms with Crippen molar-refractivity contribution in [2.24, 2.45) is 5.92 Å². The minimum absolute atomic E-state index is 0.157. The van der Waals surface area contributed by atoms with Crippen LogP contribution in [0.25, 0.3) is 21.9 Å². The van der Waals surface area contributed by atoms with Crippen LogP contribution in [0.1, 0.15) is 69.8 Å². The summed E-state index contributed by atoms with van der Waals surface area (Å²) < 4.78 is 58.7. The zero-order chi connectivity index (χ0) is 23.4. The van der Waals surface area contributed by atoms with Gasteiger partial charge in [-0.15, -0.1) is 0 Å². The van der Waals surface area contributed by atoms with Gasteiger partial charge in [0, 0.05) is 10.9 Å². The monoisotopic (exact) mass is 458 g/mol. The number of rotatable bonds is 8. The van der Waals surface area contributed by atoms with Gasteiger partial charge in [-0.2, -0.15) is 8.78 Å². The fraction of sp³-hybridized carbons (Fsp3) is 0.429. The lowest BCUT2D eigenvalue weighted by Gasteiger charge is -2.29. The van der Waals surface area contributed by atoms with Crippen molar-refractivity contribution in [3.05, 3.63) is 65.7 Å². The lowest BCUT2D eigenvalue weighted by atomic mass is 9.77. The van der Waals surface area contributed by atoms with Crippen molar-refractivity contribution in [2.75, 3.05) is 0 Å². The molecular formula is C28H30F4O. The topological polar surface area (TPSA) is 9.23 Å². The van der Waals surface area contributed by atoms with E-state index < -0.39 is 18.2 Å². The highest BCUT2D eigenvalue weighted by molar-refractivity contribution is 5.89. The normalized spacial score (nSPS) is 18.7. The molecule has 0 N–H and O–H groups in total. The number of unbranched alkanes of at least 4 members (excludes halogenated alkanes) is 2. The van der Waals surface area contributed by atoms with Gasteiger partial charge in [0.05, 0.1) is 0 Å². The van der Waals surface area contributed by atoms with Crippen molar-refractivity contribution in [1.29, 1.82) is 0 Å². The molecule has 3 aromatic rings. The Morgan fingerprint density at radius 2 is 1.70 bits per heavy atom. The van der Waals surface area contributed by atoms with Gasteiger partial charge >= 0.3 is 6.61 Å². The largest absolute Gasteiger partial charge is 0.432 e. The smallest absolute Gasteiger partial charge is 0.387 e. The third kappa shape index (κ3) is 5.51. The Balaban J connectivity index is 1.49. The molecule has 1 saturated carbocycles. The summed E-state index contributed by atoms with van der Waals surface area (Å²) in [5, 5.41) is 0.654. The SMILES string of the molecule is CCCCCC1CCC(c2ccc(-c3ccc4c(F)c(OC(F)F)ccc4c3)c(F)c2)CC1. The number of hydrogen-bond donors (Lipinski definition) is 0. The van der Waals surface area contributed by atoms with Crippen LogP contribution in [0.4, 0.5) is 17.6 Å². The molecule has 0 aliphatic heterocycles. The van der Waals surface area contributed by atoms with Crippen LogP contribution in [0.3, 0.4) is 0 Å². The first-order valence-corrected chi connectivity index (χ1v) is 11.9. The number of fused-ring (bicyclic) bond motifs is 1. The van der Waals surface area contributed by atoms with E-state index in [0.29, 0.717) is 22.4 Å². The molecule has 0 saturated heterocycles. The summed E-state index contributed by atoms with van der Waals surface area (Å²) >= 11 is 0. The summed E-state index contributed by atoms with van der Waals surface area (Å²) in [4.78, 5) is 0. The Morgan fingerprint density at radius 1 is 0.909 bits per heavy atom. The molecule has 1 aliphatic carbocycles. The van der Waals surface area contributed by atoms with Crippen molar-refractivity contribution in [3.8, 4) is 16.9 Å². The first-order chi connectivity index (χ1) is 16.0. The van der Waals surface area contributed by atoms with Gasteiger partial charge in [0.15, 0.2) is 11.6 Å². The minimum Gasteiger partial charge on any atom is -0.432 e. The molecule has 0 aromatic heterocycles. The van der Waals surface area contributed by atoms with Crippen molar-refractivity contribution in [1.82, 2.24) is 0 Å². The van der Waals surface area contributed by atoms with Crippen LogP contribution in [0.15, 0.2) is 48.5 Å². The Hall–Kier alpha value is -2.56. The van der Waals surface area contributed by atoms with Gasteiger partial charge < -0.3 is 4.74 Å². The maximum atomic E-state index is 15.1. The fourth-order valence-electron chi connectivity index (χ4n) is 5.11. The molecule has 1 fully saturated rings. The molecule has 3 aromatic carbocycles. The van der Waals surface area contributed by atoms with Crippen LogP contribution in [-0.4, -0.2) is 6.61 Å². The zero-order valence-corrected chi connectivity index (χ0v) is 18.9. The summed E-state index contributed by atoms with van der Waals surface area (Å²) in [5.41, 5.74) is 2.11. The van der Waals surface area contributed by atoms with Gasteiger partial charge in [-0.3, -0.25) is 0 Å². The van der Waals surface area contributed by atoms with Gasteiger partial charge in [-0.05, 0) is 72.2 Å². The molecule has 0 radical (unpaired) electrons. The second-order valence-electron chi connectivity index (χ2n) is 9.14. The molecule has 0 atom stereocenters. The second kappa shape index (κ2) is 10.6. The number of benzene rings is 3. The van der Waals surface area contributed by atoms with E-state index in [1.54, 1.807) is 24.3 Å². The molecule has 0 unspecified atom stereocenters. The summed E-state index contributed by atoms with van der Waals surface area (Å²) in [7, 11) is 0. The van der Waals surface area contributed by atoms with E-state index >= 15 is 4.39 Å². The summed E-state index contributed by atoms with van der Waals surface area (Å²) in [5.74, 6) is -0.437. The third-order valence-corrected chi connectivity index (χ3v) is 6.97. The summed E-state index contributed by atoms with van der Waals surface area (Å²) in [6.45, 7) is -0.868. The Kier molecular flexibility index (Phi) is 7.56. The van der Waals surface area contributed by atoms with E-state index in [4.69, 9.17) is 0 Å². The maximum Gasteiger partial charge on any atom is 0.387 e. The first-order valence-electron chi connectivity index (χ1n) is 11.9. The van der Waals surface area contributed by atoms with E-state index in [9.17, 15) is 13.2 Å². The standard InChI is InChI=1S/C28H30F4O/c1-2-3-4-5-18-6-8-19(9-7-18)20-10-13-23(25(29)17-20)21-11-14-24-22(16-21)12-15-26(27(24)30)33-28(31)32/h10-19,28H,2-9H2,1H3. The predicted molar refractivity (Wildman–Crippen MR) is 125 cm³/mol. The van der Waals surface area contributed by atoms with Gasteiger partial charge in [-0.25, -0.2) is 8.78 Å². The highest BCUT2D eigenvalue weighted by atomic mass is 19.3. The van der Waals surface area contributed by atoms with Crippen molar-refractivity contribution >= 4 is 10.8 Å². The molecule has 0 heterocycles. The fourth-order valence-corrected chi connectivity index (χ4v) is 5.11. The van der Waals surface area contributed by atoms with Crippen LogP contribution in [-0.2, 0) is 0 Å². The summed E-state index contributed by atoms with van der Waals surface area (Å²) in [6, 6.07) is 12.9. The van der Waals surface area contributed by atoms with E-state index in [-0.39, 0.29) is 11.2 Å². The number of halogens is 4. The highest BCUT2D eigenvalue weighted by Gasteiger charge is 2.23. The average Bonchev–Trinajstić information content (AvgIpc) is 2.81. The van der Waals surface area contributed by atoms with Crippen LogP contribution in [0.5, 0.6) is 5.75 Å². The molecular weight excluding hydrogens is 428 g/mol. The van der Waals surface area contributed by atoms with Crippen molar-refractivity contribution in [2.45, 2.75) is 70.8 Å². The van der Waals surface area contributed by atoms with Crippen LogP contribution < -0.4 is 4.74 Å². The maximum absolute atomic E-state index is 15.1. The Morgan fingerprint density at radius 3 is 2.39 bits per heavy atom. The molecule has 1 nitrogen and oxygen atoms in total. The third-order valence-electron chi connectivity index (χ3n) is 6.97. The zero-order valence-electron chi connectivity index (χ0n) is 18.9. The Bertz CT molecular complexity index is 1090. The number of alkyl halides is 2. The molecule has 4 rings (SSSR count). The van der Waals surface area contributed by atoms with Gasteiger partial charge in [0.25, 0.3) is 0 Å². The van der Waals surface area contributed by atoms with Crippen LogP contribution >= 0.6 is 0 Å². The highest BCUT2D eigenvalue weighted by Crippen LogP contribution is 2.39. The van der Waals surface area contributed by atoms with Gasteiger partial charge in [-0.1, -0.05) is 62.9 Å². The number of ether oxygens (including phenoxy) is 1. The van der Waals surface area contributed by atoms with E-state index in [1.807, 2.05) is 6.07 Å². The first kappa shape index (κ1) is 23.6. The van der Waals surface area contributed by atoms with Gasteiger partial charge in [0.1, 0.15) is 5.82 Å². The van der Waals surface area contributed by atoms with Crippen molar-refractivity contribution < 1.29 is 22.3 Å². The second-order valence-corrected chi connectivity index (χ2v) is 9.14. The molecule has 5 heteroatoms. The van der Waals surface area contributed by atoms with E-state index in [0.717, 1.165) is 24.3 Å². The van der Waals surface area contributed by atoms with Gasteiger partial charge in [0.2, 0.25) is 0 Å². The average molecular weight is 459 g/mol. The minimum atomic E-state index is -3.10. The van der Waals surface area contributed by atoms with E-state index in [2.05, 4.69) is 11.7 Å². The van der Waals surface area contributed by atoms with Crippen LogP contribution in [0.2, 0.25) is 0 Å². The number of hydrogen-bond acceptors (Lipinski definition) is 1. The Labute approximate surface area is 192 Å². The van der Waals surface area contributed by atoms with E-state index in [1.165, 1.54) is 56.7 Å². The lowest BCUT2D eigenvalue weighted by molar-refractivity contribution is -0.0520. The molecule has 176 valence electrons. The predicted octanol–water partition coefficient (Wildman–Crippen LogP) is 9.24. The molecule has 0 spiro atoms. The molecule has 33 heavy (non-hydrogen) atoms. The van der Waals surface area contributed by atoms with Crippen molar-refractivity contribution in [3.63, 3.8) is 0 Å². The lowest BCUT2D eigenvalue weighted by Crippen LogP contribution is -2.13. The van der Waals surface area contributed by atoms with Crippen LogP contribution in [0, 0.1) is 17.6 Å². The molecule has 1 aliphatic rings. The molecule has 0 bridgehead atoms. The summed E-state index contributed by atoms with van der Waals surface area (Å²) in [6.07, 6.45) is 9.82.